The molecule has 0 spiro atoms. The molecule has 1 fully saturated rings. The molecule has 10 heteroatoms. The Labute approximate surface area is 224 Å². The maximum absolute atomic E-state index is 13.6. The first kappa shape index (κ1) is 26.1. The average molecular weight is 530 g/mol. The van der Waals surface area contributed by atoms with Crippen LogP contribution < -0.4 is 9.64 Å². The van der Waals surface area contributed by atoms with Gasteiger partial charge in [-0.25, -0.2) is 9.88 Å². The van der Waals surface area contributed by atoms with Gasteiger partial charge in [-0.05, 0) is 60.7 Å². The number of hydrogen-bond acceptors (Lipinski definition) is 8. The maximum Gasteiger partial charge on any atom is 0.257 e. The zero-order valence-corrected chi connectivity index (χ0v) is 21.7. The third-order valence-electron chi connectivity index (χ3n) is 6.63. The lowest BCUT2D eigenvalue weighted by atomic mass is 10.1. The second-order valence-electron chi connectivity index (χ2n) is 8.91. The lowest BCUT2D eigenvalue weighted by molar-refractivity contribution is -0.128. The Morgan fingerprint density at radius 1 is 1.00 bits per heavy atom. The third-order valence-corrected chi connectivity index (χ3v) is 6.63. The second kappa shape index (κ2) is 11.1. The minimum Gasteiger partial charge on any atom is -0.497 e. The number of methoxy groups -OCH3 is 3. The SMILES string of the molecule is COc1ccc(C(=O)N(CC(OC)OC)C2CC(=O)N(c3ccc(-c4nc5ccccc5o4)cc3)C2=O)cc1. The van der Waals surface area contributed by atoms with Crippen LogP contribution in [0.25, 0.3) is 22.6 Å². The van der Waals surface area contributed by atoms with Crippen LogP contribution in [0.1, 0.15) is 16.8 Å². The lowest BCUT2D eigenvalue weighted by Gasteiger charge is -2.30. The van der Waals surface area contributed by atoms with Crippen molar-refractivity contribution in [2.24, 2.45) is 0 Å². The molecule has 0 bridgehead atoms. The zero-order valence-electron chi connectivity index (χ0n) is 21.7. The summed E-state index contributed by atoms with van der Waals surface area (Å²) < 4.78 is 21.6. The van der Waals surface area contributed by atoms with Gasteiger partial charge < -0.3 is 23.5 Å². The van der Waals surface area contributed by atoms with E-state index in [0.29, 0.717) is 34.0 Å². The molecular formula is C29H27N3O7. The highest BCUT2D eigenvalue weighted by molar-refractivity contribution is 6.23. The van der Waals surface area contributed by atoms with Crippen molar-refractivity contribution in [1.82, 2.24) is 9.88 Å². The van der Waals surface area contributed by atoms with E-state index in [9.17, 15) is 14.4 Å². The molecule has 5 rings (SSSR count). The second-order valence-corrected chi connectivity index (χ2v) is 8.91. The maximum atomic E-state index is 13.6. The summed E-state index contributed by atoms with van der Waals surface area (Å²) in [5.41, 5.74) is 2.82. The molecule has 1 aromatic heterocycles. The molecular weight excluding hydrogens is 502 g/mol. The van der Waals surface area contributed by atoms with Crippen molar-refractivity contribution in [1.29, 1.82) is 0 Å². The van der Waals surface area contributed by atoms with Gasteiger partial charge >= 0.3 is 0 Å². The molecule has 2 heterocycles. The van der Waals surface area contributed by atoms with Crippen LogP contribution >= 0.6 is 0 Å². The van der Waals surface area contributed by atoms with Crippen LogP contribution in [0.4, 0.5) is 5.69 Å². The van der Waals surface area contributed by atoms with Gasteiger partial charge in [0.05, 0.1) is 25.8 Å². The molecule has 200 valence electrons. The van der Waals surface area contributed by atoms with Gasteiger partial charge in [0.2, 0.25) is 11.8 Å². The summed E-state index contributed by atoms with van der Waals surface area (Å²) in [5.74, 6) is -0.345. The summed E-state index contributed by atoms with van der Waals surface area (Å²) in [4.78, 5) is 47.2. The molecule has 4 aromatic rings. The summed E-state index contributed by atoms with van der Waals surface area (Å²) in [7, 11) is 4.41. The number of rotatable bonds is 9. The summed E-state index contributed by atoms with van der Waals surface area (Å²) >= 11 is 0. The number of carbonyl (C=O) groups excluding carboxylic acids is 3. The van der Waals surface area contributed by atoms with Crippen molar-refractivity contribution in [3.05, 3.63) is 78.4 Å². The van der Waals surface area contributed by atoms with Crippen molar-refractivity contribution in [3.8, 4) is 17.2 Å². The number of nitrogens with zero attached hydrogens (tertiary/aromatic N) is 3. The predicted molar refractivity (Wildman–Crippen MR) is 142 cm³/mol. The highest BCUT2D eigenvalue weighted by Crippen LogP contribution is 2.30. The molecule has 1 aliphatic rings. The van der Waals surface area contributed by atoms with Gasteiger partial charge in [-0.1, -0.05) is 12.1 Å². The first-order valence-electron chi connectivity index (χ1n) is 12.3. The van der Waals surface area contributed by atoms with Crippen LogP contribution in [0, 0.1) is 0 Å². The van der Waals surface area contributed by atoms with Crippen LogP contribution in [0.5, 0.6) is 5.75 Å². The van der Waals surface area contributed by atoms with Crippen LogP contribution in [0.3, 0.4) is 0 Å². The Bertz CT molecular complexity index is 1460. The lowest BCUT2D eigenvalue weighted by Crippen LogP contribution is -2.49. The molecule has 3 amide bonds. The van der Waals surface area contributed by atoms with Crippen molar-refractivity contribution in [2.75, 3.05) is 32.8 Å². The highest BCUT2D eigenvalue weighted by atomic mass is 16.7. The fraction of sp³-hybridized carbons (Fsp3) is 0.241. The fourth-order valence-corrected chi connectivity index (χ4v) is 4.54. The summed E-state index contributed by atoms with van der Waals surface area (Å²) in [5, 5.41) is 0. The normalized spacial score (nSPS) is 15.4. The van der Waals surface area contributed by atoms with Crippen molar-refractivity contribution in [2.45, 2.75) is 18.8 Å². The zero-order chi connectivity index (χ0) is 27.5. The van der Waals surface area contributed by atoms with E-state index >= 15 is 0 Å². The number of benzene rings is 3. The number of fused-ring (bicyclic) bond motifs is 1. The van der Waals surface area contributed by atoms with Gasteiger partial charge in [0.15, 0.2) is 11.9 Å². The summed E-state index contributed by atoms with van der Waals surface area (Å²) in [6.45, 7) is -0.0496. The van der Waals surface area contributed by atoms with Crippen LogP contribution in [-0.2, 0) is 19.1 Å². The number of carbonyl (C=O) groups is 3. The molecule has 3 aromatic carbocycles. The van der Waals surface area contributed by atoms with E-state index in [0.717, 1.165) is 10.4 Å². The minimum absolute atomic E-state index is 0.0496. The van der Waals surface area contributed by atoms with Crippen LogP contribution in [0.2, 0.25) is 0 Å². The predicted octanol–water partition coefficient (Wildman–Crippen LogP) is 3.90. The number of aromatic nitrogens is 1. The number of para-hydroxylation sites is 2. The van der Waals surface area contributed by atoms with E-state index in [1.54, 1.807) is 48.5 Å². The number of ether oxygens (including phenoxy) is 3. The van der Waals surface area contributed by atoms with E-state index in [-0.39, 0.29) is 13.0 Å². The number of anilines is 1. The number of amides is 3. The summed E-state index contributed by atoms with van der Waals surface area (Å²) in [6, 6.07) is 19.7. The van der Waals surface area contributed by atoms with Gasteiger partial charge in [-0.15, -0.1) is 0 Å². The molecule has 1 atom stereocenters. The van der Waals surface area contributed by atoms with E-state index in [4.69, 9.17) is 18.6 Å². The largest absolute Gasteiger partial charge is 0.497 e. The first-order chi connectivity index (χ1) is 18.9. The molecule has 1 aliphatic heterocycles. The molecule has 1 unspecified atom stereocenters. The van der Waals surface area contributed by atoms with E-state index < -0.39 is 30.1 Å². The third kappa shape index (κ3) is 5.12. The number of imide groups is 1. The molecule has 39 heavy (non-hydrogen) atoms. The Kier molecular flexibility index (Phi) is 7.40. The van der Waals surface area contributed by atoms with Crippen LogP contribution in [0.15, 0.2) is 77.2 Å². The molecule has 0 radical (unpaired) electrons. The van der Waals surface area contributed by atoms with Gasteiger partial charge in [-0.2, -0.15) is 0 Å². The number of hydrogen-bond donors (Lipinski definition) is 0. The van der Waals surface area contributed by atoms with Gasteiger partial charge in [0.1, 0.15) is 17.3 Å². The fourth-order valence-electron chi connectivity index (χ4n) is 4.54. The van der Waals surface area contributed by atoms with Gasteiger partial charge in [-0.3, -0.25) is 14.4 Å². The molecule has 1 saturated heterocycles. The van der Waals surface area contributed by atoms with Crippen LogP contribution in [-0.4, -0.2) is 67.8 Å². The highest BCUT2D eigenvalue weighted by Gasteiger charge is 2.45. The van der Waals surface area contributed by atoms with E-state index in [2.05, 4.69) is 4.98 Å². The van der Waals surface area contributed by atoms with E-state index in [1.807, 2.05) is 24.3 Å². The minimum atomic E-state index is -1.03. The molecule has 0 N–H and O–H groups in total. The van der Waals surface area contributed by atoms with E-state index in [1.165, 1.54) is 26.2 Å². The topological polar surface area (TPSA) is 111 Å². The molecule has 10 nitrogen and oxygen atoms in total. The first-order valence-corrected chi connectivity index (χ1v) is 12.3. The molecule has 0 aliphatic carbocycles. The Hall–Kier alpha value is -4.54. The Morgan fingerprint density at radius 3 is 2.33 bits per heavy atom. The Morgan fingerprint density at radius 2 is 1.69 bits per heavy atom. The Balaban J connectivity index is 1.40. The van der Waals surface area contributed by atoms with Crippen molar-refractivity contribution < 1.29 is 33.0 Å². The quantitative estimate of drug-likeness (QED) is 0.237. The van der Waals surface area contributed by atoms with Crippen molar-refractivity contribution >= 4 is 34.5 Å². The molecule has 0 saturated carbocycles. The van der Waals surface area contributed by atoms with Gasteiger partial charge in [0.25, 0.3) is 11.8 Å². The number of oxazole rings is 1. The van der Waals surface area contributed by atoms with Crippen molar-refractivity contribution in [3.63, 3.8) is 0 Å². The average Bonchev–Trinajstić information content (AvgIpc) is 3.54. The monoisotopic (exact) mass is 529 g/mol. The van der Waals surface area contributed by atoms with Gasteiger partial charge in [0, 0.05) is 25.3 Å². The standard InChI is InChI=1S/C29H27N3O7/c1-36-21-14-10-19(11-15-21)28(34)31(17-26(37-2)38-3)23-16-25(33)32(29(23)35)20-12-8-18(9-13-20)27-30-22-6-4-5-7-24(22)39-27/h4-15,23,26H,16-17H2,1-3H3. The smallest absolute Gasteiger partial charge is 0.257 e. The summed E-state index contributed by atoms with van der Waals surface area (Å²) in [6.07, 6.45) is -0.965.